The molecule has 1 aromatic heterocycles. The summed E-state index contributed by atoms with van der Waals surface area (Å²) in [4.78, 5) is 20.4. The average molecular weight is 296 g/mol. The third-order valence-corrected chi connectivity index (χ3v) is 4.14. The number of halogens is 1. The summed E-state index contributed by atoms with van der Waals surface area (Å²) < 4.78 is 5.65. The Hall–Kier alpha value is -1.33. The Labute approximate surface area is 123 Å². The highest BCUT2D eigenvalue weighted by atomic mass is 35.5. The monoisotopic (exact) mass is 295 g/mol. The summed E-state index contributed by atoms with van der Waals surface area (Å²) in [7, 11) is 0. The van der Waals surface area contributed by atoms with Crippen molar-refractivity contribution >= 4 is 23.2 Å². The lowest BCUT2D eigenvalue weighted by atomic mass is 10.2. The summed E-state index contributed by atoms with van der Waals surface area (Å²) in [6.45, 7) is 3.55. The number of ether oxygens (including phenoxy) is 1. The molecule has 0 aliphatic carbocycles. The highest BCUT2D eigenvalue weighted by Crippen LogP contribution is 2.26. The molecule has 2 aliphatic rings. The molecule has 0 N–H and O–H groups in total. The van der Waals surface area contributed by atoms with Gasteiger partial charge in [-0.05, 0) is 18.9 Å². The topological polar surface area (TPSA) is 45.7 Å². The smallest absolute Gasteiger partial charge is 0.253 e. The van der Waals surface area contributed by atoms with Gasteiger partial charge in [0, 0.05) is 32.0 Å². The van der Waals surface area contributed by atoms with Gasteiger partial charge in [-0.2, -0.15) is 0 Å². The van der Waals surface area contributed by atoms with Crippen molar-refractivity contribution in [1.82, 2.24) is 9.88 Å². The SMILES string of the molecule is O=C(C1CN(c2ccncc2Cl)CCO1)N1CCCC1. The Morgan fingerprint density at radius 1 is 1.35 bits per heavy atom. The lowest BCUT2D eigenvalue weighted by Crippen LogP contribution is -2.50. The Kier molecular flexibility index (Phi) is 4.08. The van der Waals surface area contributed by atoms with E-state index in [1.54, 1.807) is 12.4 Å². The third kappa shape index (κ3) is 2.74. The van der Waals surface area contributed by atoms with Gasteiger partial charge in [0.1, 0.15) is 0 Å². The van der Waals surface area contributed by atoms with Gasteiger partial charge in [-0.3, -0.25) is 9.78 Å². The number of hydrogen-bond donors (Lipinski definition) is 0. The number of carbonyl (C=O) groups excluding carboxylic acids is 1. The van der Waals surface area contributed by atoms with Gasteiger partial charge in [0.05, 0.1) is 23.9 Å². The van der Waals surface area contributed by atoms with E-state index in [2.05, 4.69) is 9.88 Å². The number of likely N-dealkylation sites (tertiary alicyclic amines) is 1. The van der Waals surface area contributed by atoms with Crippen molar-refractivity contribution < 1.29 is 9.53 Å². The molecule has 6 heteroatoms. The van der Waals surface area contributed by atoms with Crippen molar-refractivity contribution in [3.8, 4) is 0 Å². The molecule has 0 saturated carbocycles. The molecule has 1 atom stereocenters. The van der Waals surface area contributed by atoms with E-state index in [1.807, 2.05) is 11.0 Å². The quantitative estimate of drug-likeness (QED) is 0.831. The second-order valence-electron chi connectivity index (χ2n) is 5.16. The van der Waals surface area contributed by atoms with Crippen LogP contribution >= 0.6 is 11.6 Å². The minimum Gasteiger partial charge on any atom is -0.365 e. The van der Waals surface area contributed by atoms with E-state index in [0.717, 1.165) is 38.2 Å². The number of aromatic nitrogens is 1. The highest BCUT2D eigenvalue weighted by molar-refractivity contribution is 6.33. The predicted molar refractivity (Wildman–Crippen MR) is 77.0 cm³/mol. The Bertz CT molecular complexity index is 491. The van der Waals surface area contributed by atoms with Crippen molar-refractivity contribution in [2.75, 3.05) is 37.7 Å². The molecule has 2 aliphatic heterocycles. The standard InChI is InChI=1S/C14H18ClN3O2/c15-11-9-16-4-3-12(11)18-7-8-20-13(10-18)14(19)17-5-1-2-6-17/h3-4,9,13H,1-2,5-8,10H2. The molecule has 1 unspecified atom stereocenters. The van der Waals surface area contributed by atoms with Crippen LogP contribution in [0, 0.1) is 0 Å². The van der Waals surface area contributed by atoms with Gasteiger partial charge in [0.2, 0.25) is 0 Å². The number of amides is 1. The molecule has 0 radical (unpaired) electrons. The largest absolute Gasteiger partial charge is 0.365 e. The molecular formula is C14H18ClN3O2. The number of anilines is 1. The van der Waals surface area contributed by atoms with Crippen LogP contribution in [0.3, 0.4) is 0 Å². The van der Waals surface area contributed by atoms with Crippen LogP contribution in [0.1, 0.15) is 12.8 Å². The van der Waals surface area contributed by atoms with Crippen LogP contribution in [0.25, 0.3) is 0 Å². The predicted octanol–water partition coefficient (Wildman–Crippen LogP) is 1.56. The van der Waals surface area contributed by atoms with Crippen LogP contribution in [0.2, 0.25) is 5.02 Å². The Morgan fingerprint density at radius 2 is 2.15 bits per heavy atom. The lowest BCUT2D eigenvalue weighted by molar-refractivity contribution is -0.143. The molecule has 3 rings (SSSR count). The van der Waals surface area contributed by atoms with Crippen molar-refractivity contribution in [2.24, 2.45) is 0 Å². The summed E-state index contributed by atoms with van der Waals surface area (Å²) >= 11 is 6.17. The van der Waals surface area contributed by atoms with Crippen molar-refractivity contribution in [1.29, 1.82) is 0 Å². The van der Waals surface area contributed by atoms with Gasteiger partial charge in [0.25, 0.3) is 5.91 Å². The second kappa shape index (κ2) is 5.97. The van der Waals surface area contributed by atoms with Gasteiger partial charge in [0.15, 0.2) is 6.10 Å². The number of carbonyl (C=O) groups is 1. The molecule has 0 bridgehead atoms. The second-order valence-corrected chi connectivity index (χ2v) is 5.57. The molecule has 2 saturated heterocycles. The molecule has 108 valence electrons. The first-order chi connectivity index (χ1) is 9.75. The first-order valence-corrected chi connectivity index (χ1v) is 7.38. The molecule has 5 nitrogen and oxygen atoms in total. The number of morpholine rings is 1. The molecule has 1 amide bonds. The summed E-state index contributed by atoms with van der Waals surface area (Å²) in [6.07, 6.45) is 5.15. The molecular weight excluding hydrogens is 278 g/mol. The van der Waals surface area contributed by atoms with E-state index < -0.39 is 0 Å². The van der Waals surface area contributed by atoms with E-state index in [1.165, 1.54) is 0 Å². The van der Waals surface area contributed by atoms with Gasteiger partial charge >= 0.3 is 0 Å². The van der Waals surface area contributed by atoms with Crippen molar-refractivity contribution in [3.05, 3.63) is 23.5 Å². The van der Waals surface area contributed by atoms with Crippen LogP contribution in [0.5, 0.6) is 0 Å². The zero-order chi connectivity index (χ0) is 13.9. The number of rotatable bonds is 2. The first kappa shape index (κ1) is 13.6. The van der Waals surface area contributed by atoms with Crippen LogP contribution in [-0.4, -0.2) is 54.7 Å². The Morgan fingerprint density at radius 3 is 2.90 bits per heavy atom. The molecule has 0 aromatic carbocycles. The molecule has 1 aromatic rings. The average Bonchev–Trinajstić information content (AvgIpc) is 3.01. The maximum atomic E-state index is 12.4. The fourth-order valence-corrected chi connectivity index (χ4v) is 3.02. The van der Waals surface area contributed by atoms with E-state index in [-0.39, 0.29) is 12.0 Å². The van der Waals surface area contributed by atoms with E-state index in [9.17, 15) is 4.79 Å². The molecule has 2 fully saturated rings. The molecule has 20 heavy (non-hydrogen) atoms. The van der Waals surface area contributed by atoms with Crippen LogP contribution in [0.15, 0.2) is 18.5 Å². The van der Waals surface area contributed by atoms with E-state index in [4.69, 9.17) is 16.3 Å². The molecule has 3 heterocycles. The minimum atomic E-state index is -0.383. The lowest BCUT2D eigenvalue weighted by Gasteiger charge is -2.35. The number of nitrogens with zero attached hydrogens (tertiary/aromatic N) is 3. The first-order valence-electron chi connectivity index (χ1n) is 7.00. The summed E-state index contributed by atoms with van der Waals surface area (Å²) in [6, 6.07) is 1.88. The van der Waals surface area contributed by atoms with Gasteiger partial charge < -0.3 is 14.5 Å². The zero-order valence-electron chi connectivity index (χ0n) is 11.3. The normalized spacial score (nSPS) is 23.1. The van der Waals surface area contributed by atoms with Gasteiger partial charge in [-0.25, -0.2) is 0 Å². The fourth-order valence-electron chi connectivity index (χ4n) is 2.78. The third-order valence-electron chi connectivity index (χ3n) is 3.85. The molecule has 0 spiro atoms. The Balaban J connectivity index is 1.70. The zero-order valence-corrected chi connectivity index (χ0v) is 12.1. The minimum absolute atomic E-state index is 0.109. The van der Waals surface area contributed by atoms with Crippen molar-refractivity contribution in [3.63, 3.8) is 0 Å². The highest BCUT2D eigenvalue weighted by Gasteiger charge is 2.31. The van der Waals surface area contributed by atoms with Crippen LogP contribution in [0.4, 0.5) is 5.69 Å². The van der Waals surface area contributed by atoms with E-state index in [0.29, 0.717) is 18.2 Å². The number of hydrogen-bond acceptors (Lipinski definition) is 4. The summed E-state index contributed by atoms with van der Waals surface area (Å²) in [5.74, 6) is 0.109. The van der Waals surface area contributed by atoms with Crippen molar-refractivity contribution in [2.45, 2.75) is 18.9 Å². The summed E-state index contributed by atoms with van der Waals surface area (Å²) in [5, 5.41) is 0.613. The summed E-state index contributed by atoms with van der Waals surface area (Å²) in [5.41, 5.74) is 0.921. The van der Waals surface area contributed by atoms with E-state index >= 15 is 0 Å². The van der Waals surface area contributed by atoms with Crippen LogP contribution in [-0.2, 0) is 9.53 Å². The van der Waals surface area contributed by atoms with Gasteiger partial charge in [-0.1, -0.05) is 11.6 Å². The van der Waals surface area contributed by atoms with Gasteiger partial charge in [-0.15, -0.1) is 0 Å². The fraction of sp³-hybridized carbons (Fsp3) is 0.571. The van der Waals surface area contributed by atoms with Crippen LogP contribution < -0.4 is 4.90 Å². The number of pyridine rings is 1. The maximum absolute atomic E-state index is 12.4. The maximum Gasteiger partial charge on any atom is 0.253 e.